The fourth-order valence-electron chi connectivity index (χ4n) is 1.65. The normalized spacial score (nSPS) is 23.4. The molecule has 1 rings (SSSR count). The number of halogens is 1. The maximum Gasteiger partial charge on any atom is 0.0291 e. The molecule has 0 saturated carbocycles. The van der Waals surface area contributed by atoms with E-state index < -0.39 is 0 Å². The van der Waals surface area contributed by atoms with Crippen LogP contribution in [0.5, 0.6) is 0 Å². The van der Waals surface area contributed by atoms with Crippen molar-refractivity contribution in [3.63, 3.8) is 0 Å². The summed E-state index contributed by atoms with van der Waals surface area (Å²) in [5, 5.41) is 3.47. The average Bonchev–Trinajstić information content (AvgIpc) is 2.37. The van der Waals surface area contributed by atoms with Crippen LogP contribution in [-0.4, -0.2) is 37.6 Å². The Bertz CT molecular complexity index is 153. The lowest BCUT2D eigenvalue weighted by Crippen LogP contribution is -2.35. The molecule has 0 bridgehead atoms. The van der Waals surface area contributed by atoms with Gasteiger partial charge in [-0.1, -0.05) is 22.5 Å². The predicted molar refractivity (Wildman–Crippen MR) is 56.6 cm³/mol. The van der Waals surface area contributed by atoms with Crippen LogP contribution < -0.4 is 5.32 Å². The topological polar surface area (TPSA) is 15.3 Å². The Labute approximate surface area is 83.1 Å². The minimum absolute atomic E-state index is 0.696. The lowest BCUT2D eigenvalue weighted by Gasteiger charge is -2.20. The first-order valence-corrected chi connectivity index (χ1v) is 5.23. The van der Waals surface area contributed by atoms with Gasteiger partial charge in [0.05, 0.1) is 0 Å². The summed E-state index contributed by atoms with van der Waals surface area (Å²) in [5.74, 6) is 0. The van der Waals surface area contributed by atoms with Gasteiger partial charge in [0.2, 0.25) is 0 Å². The summed E-state index contributed by atoms with van der Waals surface area (Å²) in [7, 11) is 2.13. The van der Waals surface area contributed by atoms with Gasteiger partial charge in [0.1, 0.15) is 0 Å². The molecule has 0 aromatic rings. The number of nitrogens with zero attached hydrogens (tertiary/aromatic N) is 1. The van der Waals surface area contributed by atoms with Crippen molar-refractivity contribution in [3.05, 3.63) is 11.1 Å². The van der Waals surface area contributed by atoms with Gasteiger partial charge in [-0.05, 0) is 26.4 Å². The minimum atomic E-state index is 0.696. The molecule has 1 unspecified atom stereocenters. The van der Waals surface area contributed by atoms with Gasteiger partial charge in [-0.25, -0.2) is 0 Å². The Morgan fingerprint density at radius 3 is 3.00 bits per heavy atom. The maximum absolute atomic E-state index is 3.82. The van der Waals surface area contributed by atoms with Gasteiger partial charge in [0, 0.05) is 23.6 Å². The highest BCUT2D eigenvalue weighted by molar-refractivity contribution is 9.11. The van der Waals surface area contributed by atoms with Gasteiger partial charge in [0.25, 0.3) is 0 Å². The second-order valence-electron chi connectivity index (χ2n) is 3.51. The molecule has 2 nitrogen and oxygen atoms in total. The standard InChI is InChI=1S/C9H17BrN2/c1-8(10)6-12(2)7-9-4-3-5-11-9/h9,11H,1,3-7H2,2H3. The average molecular weight is 233 g/mol. The van der Waals surface area contributed by atoms with Crippen LogP contribution in [0.25, 0.3) is 0 Å². The molecular weight excluding hydrogens is 216 g/mol. The molecule has 1 aliphatic rings. The Balaban J connectivity index is 2.16. The summed E-state index contributed by atoms with van der Waals surface area (Å²) < 4.78 is 1.06. The highest BCUT2D eigenvalue weighted by Gasteiger charge is 2.15. The van der Waals surface area contributed by atoms with Crippen molar-refractivity contribution in [1.29, 1.82) is 0 Å². The van der Waals surface area contributed by atoms with Crippen molar-refractivity contribution in [2.24, 2.45) is 0 Å². The molecule has 3 heteroatoms. The van der Waals surface area contributed by atoms with E-state index >= 15 is 0 Å². The van der Waals surface area contributed by atoms with Gasteiger partial charge in [0.15, 0.2) is 0 Å². The van der Waals surface area contributed by atoms with E-state index in [1.54, 1.807) is 0 Å². The van der Waals surface area contributed by atoms with Gasteiger partial charge >= 0.3 is 0 Å². The van der Waals surface area contributed by atoms with E-state index in [0.717, 1.165) is 17.6 Å². The first-order chi connectivity index (χ1) is 5.68. The van der Waals surface area contributed by atoms with E-state index in [0.29, 0.717) is 6.04 Å². The third-order valence-corrected chi connectivity index (χ3v) is 2.39. The monoisotopic (exact) mass is 232 g/mol. The second-order valence-corrected chi connectivity index (χ2v) is 4.63. The summed E-state index contributed by atoms with van der Waals surface area (Å²) in [6.07, 6.45) is 2.65. The molecule has 0 aliphatic carbocycles. The summed E-state index contributed by atoms with van der Waals surface area (Å²) in [6, 6.07) is 0.696. The number of rotatable bonds is 4. The van der Waals surface area contributed by atoms with Crippen molar-refractivity contribution in [2.45, 2.75) is 18.9 Å². The first kappa shape index (κ1) is 10.2. The lowest BCUT2D eigenvalue weighted by atomic mass is 10.2. The lowest BCUT2D eigenvalue weighted by molar-refractivity contribution is 0.327. The summed E-state index contributed by atoms with van der Waals surface area (Å²) in [6.45, 7) is 7.08. The van der Waals surface area contributed by atoms with Crippen molar-refractivity contribution >= 4 is 15.9 Å². The summed E-state index contributed by atoms with van der Waals surface area (Å²) >= 11 is 3.37. The van der Waals surface area contributed by atoms with Crippen molar-refractivity contribution in [3.8, 4) is 0 Å². The number of hydrogen-bond donors (Lipinski definition) is 1. The van der Waals surface area contributed by atoms with Crippen LogP contribution in [0.4, 0.5) is 0 Å². The molecule has 12 heavy (non-hydrogen) atoms. The number of hydrogen-bond acceptors (Lipinski definition) is 2. The number of nitrogens with one attached hydrogen (secondary N) is 1. The third-order valence-electron chi connectivity index (χ3n) is 2.14. The van der Waals surface area contributed by atoms with Crippen LogP contribution in [-0.2, 0) is 0 Å². The van der Waals surface area contributed by atoms with Crippen LogP contribution in [0.3, 0.4) is 0 Å². The van der Waals surface area contributed by atoms with E-state index in [9.17, 15) is 0 Å². The highest BCUT2D eigenvalue weighted by atomic mass is 79.9. The van der Waals surface area contributed by atoms with Gasteiger partial charge in [-0.15, -0.1) is 0 Å². The predicted octanol–water partition coefficient (Wildman–Crippen LogP) is 1.58. The van der Waals surface area contributed by atoms with Crippen LogP contribution in [0.1, 0.15) is 12.8 Å². The Hall–Kier alpha value is 0.140. The molecule has 0 aromatic carbocycles. The Kier molecular flexibility index (Phi) is 4.26. The van der Waals surface area contributed by atoms with Crippen molar-refractivity contribution in [1.82, 2.24) is 10.2 Å². The van der Waals surface area contributed by atoms with E-state index in [1.165, 1.54) is 19.4 Å². The molecule has 1 N–H and O–H groups in total. The SMILES string of the molecule is C=C(Br)CN(C)CC1CCCN1. The summed E-state index contributed by atoms with van der Waals surface area (Å²) in [4.78, 5) is 2.29. The molecular formula is C9H17BrN2. The van der Waals surface area contributed by atoms with Crippen molar-refractivity contribution < 1.29 is 0 Å². The molecule has 0 radical (unpaired) electrons. The van der Waals surface area contributed by atoms with Crippen LogP contribution >= 0.6 is 15.9 Å². The molecule has 1 atom stereocenters. The molecule has 0 spiro atoms. The van der Waals surface area contributed by atoms with Gasteiger partial charge < -0.3 is 10.2 Å². The highest BCUT2D eigenvalue weighted by Crippen LogP contribution is 2.08. The molecule has 1 fully saturated rings. The Morgan fingerprint density at radius 1 is 1.75 bits per heavy atom. The molecule has 1 saturated heterocycles. The van der Waals surface area contributed by atoms with Crippen molar-refractivity contribution in [2.75, 3.05) is 26.7 Å². The molecule has 70 valence electrons. The third kappa shape index (κ3) is 3.70. The largest absolute Gasteiger partial charge is 0.313 e. The van der Waals surface area contributed by atoms with Crippen LogP contribution in [0, 0.1) is 0 Å². The van der Waals surface area contributed by atoms with Crippen LogP contribution in [0.15, 0.2) is 11.1 Å². The minimum Gasteiger partial charge on any atom is -0.313 e. The smallest absolute Gasteiger partial charge is 0.0291 e. The van der Waals surface area contributed by atoms with E-state index in [4.69, 9.17) is 0 Å². The maximum atomic E-state index is 3.82. The fraction of sp³-hybridized carbons (Fsp3) is 0.778. The molecule has 1 heterocycles. The Morgan fingerprint density at radius 2 is 2.50 bits per heavy atom. The van der Waals surface area contributed by atoms with E-state index in [-0.39, 0.29) is 0 Å². The molecule has 0 amide bonds. The van der Waals surface area contributed by atoms with E-state index in [2.05, 4.69) is 39.8 Å². The fourth-order valence-corrected chi connectivity index (χ4v) is 2.07. The van der Waals surface area contributed by atoms with Gasteiger partial charge in [-0.3, -0.25) is 0 Å². The zero-order chi connectivity index (χ0) is 8.97. The zero-order valence-corrected chi connectivity index (χ0v) is 9.23. The second kappa shape index (κ2) is 5.00. The molecule has 1 aliphatic heterocycles. The zero-order valence-electron chi connectivity index (χ0n) is 7.65. The van der Waals surface area contributed by atoms with E-state index in [1.807, 2.05) is 0 Å². The van der Waals surface area contributed by atoms with Crippen LogP contribution in [0.2, 0.25) is 0 Å². The number of likely N-dealkylation sites (N-methyl/N-ethyl adjacent to an activating group) is 1. The van der Waals surface area contributed by atoms with Gasteiger partial charge in [-0.2, -0.15) is 0 Å². The first-order valence-electron chi connectivity index (χ1n) is 4.43. The molecule has 0 aromatic heterocycles. The summed E-state index contributed by atoms with van der Waals surface area (Å²) in [5.41, 5.74) is 0. The quantitative estimate of drug-likeness (QED) is 0.793.